The van der Waals surface area contributed by atoms with Gasteiger partial charge in [0.1, 0.15) is 6.61 Å². The van der Waals surface area contributed by atoms with E-state index in [-0.39, 0.29) is 35.7 Å². The van der Waals surface area contributed by atoms with Gasteiger partial charge in [-0.15, -0.1) is 0 Å². The van der Waals surface area contributed by atoms with Crippen molar-refractivity contribution in [3.8, 4) is 0 Å². The van der Waals surface area contributed by atoms with Crippen LogP contribution < -0.4 is 0 Å². The highest BCUT2D eigenvalue weighted by Crippen LogP contribution is 2.53. The normalized spacial score (nSPS) is 49.2. The summed E-state index contributed by atoms with van der Waals surface area (Å²) in [6, 6.07) is 0. The predicted octanol–water partition coefficient (Wildman–Crippen LogP) is 1.12. The van der Waals surface area contributed by atoms with E-state index in [4.69, 9.17) is 4.74 Å². The molecule has 4 nitrogen and oxygen atoms in total. The summed E-state index contributed by atoms with van der Waals surface area (Å²) < 4.78 is 5.08. The molecule has 2 aliphatic carbocycles. The van der Waals surface area contributed by atoms with Gasteiger partial charge in [-0.1, -0.05) is 19.9 Å². The van der Waals surface area contributed by atoms with Crippen molar-refractivity contribution in [2.45, 2.75) is 32.8 Å². The Morgan fingerprint density at radius 3 is 2.79 bits per heavy atom. The van der Waals surface area contributed by atoms with Crippen molar-refractivity contribution in [3.63, 3.8) is 0 Å². The first-order chi connectivity index (χ1) is 8.95. The third-order valence-electron chi connectivity index (χ3n) is 5.39. The summed E-state index contributed by atoms with van der Waals surface area (Å²) in [7, 11) is 0. The molecule has 19 heavy (non-hydrogen) atoms. The third-order valence-corrected chi connectivity index (χ3v) is 5.39. The monoisotopic (exact) mass is 266 g/mol. The molecule has 106 valence electrons. The van der Waals surface area contributed by atoms with Crippen LogP contribution in [-0.2, 0) is 9.53 Å². The molecule has 4 heteroatoms. The van der Waals surface area contributed by atoms with Crippen molar-refractivity contribution in [1.82, 2.24) is 0 Å². The van der Waals surface area contributed by atoms with Gasteiger partial charge in [-0.3, -0.25) is 0 Å². The van der Waals surface area contributed by atoms with Gasteiger partial charge in [-0.05, 0) is 36.0 Å². The highest BCUT2D eigenvalue weighted by atomic mass is 16.5. The average Bonchev–Trinajstić information content (AvgIpc) is 2.89. The lowest BCUT2D eigenvalue weighted by Gasteiger charge is -2.27. The summed E-state index contributed by atoms with van der Waals surface area (Å²) in [5, 5.41) is 20.2. The minimum atomic E-state index is -0.527. The van der Waals surface area contributed by atoms with E-state index in [9.17, 15) is 15.0 Å². The predicted molar refractivity (Wildman–Crippen MR) is 69.1 cm³/mol. The van der Waals surface area contributed by atoms with E-state index in [1.54, 1.807) is 0 Å². The van der Waals surface area contributed by atoms with Crippen molar-refractivity contribution < 1.29 is 19.7 Å². The van der Waals surface area contributed by atoms with E-state index in [0.29, 0.717) is 18.1 Å². The highest BCUT2D eigenvalue weighted by molar-refractivity contribution is 5.91. The first-order valence-electron chi connectivity index (χ1n) is 7.13. The maximum Gasteiger partial charge on any atom is 0.334 e. The molecule has 3 rings (SSSR count). The van der Waals surface area contributed by atoms with Gasteiger partial charge >= 0.3 is 5.97 Å². The van der Waals surface area contributed by atoms with Crippen LogP contribution in [0, 0.1) is 29.1 Å². The van der Waals surface area contributed by atoms with Crippen molar-refractivity contribution in [2.75, 3.05) is 13.2 Å². The van der Waals surface area contributed by atoms with Crippen LogP contribution in [-0.4, -0.2) is 35.5 Å². The number of cyclic esters (lactones) is 1. The van der Waals surface area contributed by atoms with Gasteiger partial charge in [-0.2, -0.15) is 0 Å². The number of hydrogen-bond donors (Lipinski definition) is 2. The Morgan fingerprint density at radius 1 is 1.42 bits per heavy atom. The van der Waals surface area contributed by atoms with Gasteiger partial charge in [0, 0.05) is 12.2 Å². The molecule has 0 bridgehead atoms. The minimum Gasteiger partial charge on any atom is -0.462 e. The quantitative estimate of drug-likeness (QED) is 0.698. The molecule has 1 saturated heterocycles. The van der Waals surface area contributed by atoms with E-state index in [2.05, 4.69) is 13.8 Å². The largest absolute Gasteiger partial charge is 0.462 e. The van der Waals surface area contributed by atoms with E-state index < -0.39 is 6.10 Å². The molecule has 0 aromatic rings. The van der Waals surface area contributed by atoms with Gasteiger partial charge in [0.2, 0.25) is 0 Å². The van der Waals surface area contributed by atoms with E-state index in [0.717, 1.165) is 12.8 Å². The Morgan fingerprint density at radius 2 is 2.11 bits per heavy atom. The lowest BCUT2D eigenvalue weighted by atomic mass is 9.81. The van der Waals surface area contributed by atoms with E-state index in [1.165, 1.54) is 0 Å². The van der Waals surface area contributed by atoms with Crippen LogP contribution in [0.25, 0.3) is 0 Å². The Balaban J connectivity index is 1.95. The molecule has 0 amide bonds. The number of allylic oxidation sites excluding steroid dienone is 1. The summed E-state index contributed by atoms with van der Waals surface area (Å²) in [6.45, 7) is 4.66. The topological polar surface area (TPSA) is 66.8 Å². The van der Waals surface area contributed by atoms with Gasteiger partial charge in [-0.25, -0.2) is 4.79 Å². The maximum absolute atomic E-state index is 11.7. The molecule has 2 fully saturated rings. The molecule has 0 spiro atoms. The first kappa shape index (κ1) is 13.1. The lowest BCUT2D eigenvalue weighted by molar-refractivity contribution is -0.135. The average molecular weight is 266 g/mol. The molecular formula is C15H22O4. The van der Waals surface area contributed by atoms with Crippen molar-refractivity contribution in [2.24, 2.45) is 29.1 Å². The minimum absolute atomic E-state index is 0.0978. The second-order valence-electron chi connectivity index (χ2n) is 6.88. The van der Waals surface area contributed by atoms with Gasteiger partial charge < -0.3 is 14.9 Å². The summed E-state index contributed by atoms with van der Waals surface area (Å²) in [5.74, 6) is 0.309. The van der Waals surface area contributed by atoms with Crippen LogP contribution >= 0.6 is 0 Å². The molecule has 0 aromatic heterocycles. The van der Waals surface area contributed by atoms with E-state index in [1.807, 2.05) is 6.08 Å². The molecule has 2 N–H and O–H groups in total. The van der Waals surface area contributed by atoms with Crippen LogP contribution in [0.15, 0.2) is 11.6 Å². The second kappa shape index (κ2) is 4.32. The fourth-order valence-electron chi connectivity index (χ4n) is 4.27. The number of carbonyl (C=O) groups is 1. The van der Waals surface area contributed by atoms with Crippen LogP contribution in [0.4, 0.5) is 0 Å². The van der Waals surface area contributed by atoms with Crippen LogP contribution in [0.5, 0.6) is 0 Å². The molecule has 0 aromatic carbocycles. The number of rotatable bonds is 1. The van der Waals surface area contributed by atoms with Crippen molar-refractivity contribution in [1.29, 1.82) is 0 Å². The number of hydrogen-bond acceptors (Lipinski definition) is 4. The first-order valence-corrected chi connectivity index (χ1v) is 7.13. The smallest absolute Gasteiger partial charge is 0.334 e. The molecule has 1 saturated carbocycles. The Kier molecular flexibility index (Phi) is 2.98. The number of aliphatic hydroxyl groups is 2. The number of fused-ring (bicyclic) bond motifs is 2. The summed E-state index contributed by atoms with van der Waals surface area (Å²) in [6.07, 6.45) is 3.21. The maximum atomic E-state index is 11.7. The molecule has 1 aliphatic heterocycles. The Hall–Kier alpha value is -0.870. The van der Waals surface area contributed by atoms with Gasteiger partial charge in [0.15, 0.2) is 0 Å². The lowest BCUT2D eigenvalue weighted by Crippen LogP contribution is -2.32. The Bertz CT molecular complexity index is 430. The van der Waals surface area contributed by atoms with E-state index >= 15 is 0 Å². The summed E-state index contributed by atoms with van der Waals surface area (Å²) in [5.41, 5.74) is 0.569. The second-order valence-corrected chi connectivity index (χ2v) is 6.88. The van der Waals surface area contributed by atoms with Gasteiger partial charge in [0.25, 0.3) is 0 Å². The van der Waals surface area contributed by atoms with Crippen LogP contribution in [0.2, 0.25) is 0 Å². The molecular weight excluding hydrogens is 244 g/mol. The molecule has 3 aliphatic rings. The zero-order chi connectivity index (χ0) is 13.8. The number of carbonyl (C=O) groups excluding carboxylic acids is 1. The molecule has 1 heterocycles. The SMILES string of the molecule is C[C@H]1C=C2C(=O)OC[C@@H]2[C@@H](O)[C@@H]2C[C@](C)(CO)C[C@@H]21. The Labute approximate surface area is 113 Å². The number of esters is 1. The third kappa shape index (κ3) is 1.93. The van der Waals surface area contributed by atoms with Crippen molar-refractivity contribution >= 4 is 5.97 Å². The summed E-state index contributed by atoms with van der Waals surface area (Å²) >= 11 is 0. The zero-order valence-corrected chi connectivity index (χ0v) is 11.5. The molecule has 6 atom stereocenters. The number of ether oxygens (including phenoxy) is 1. The highest BCUT2D eigenvalue weighted by Gasteiger charge is 2.52. The standard InChI is InChI=1S/C15H22O4/c1-8-3-9-12(6-19-14(9)18)13(17)11-5-15(2,7-16)4-10(8)11/h3,8,10-13,16-17H,4-7H2,1-2H3/t8-,10+,11+,12-,13-,15+/m0/s1. The molecule has 0 radical (unpaired) electrons. The number of aliphatic hydroxyl groups excluding tert-OH is 2. The van der Waals surface area contributed by atoms with Gasteiger partial charge in [0.05, 0.1) is 12.0 Å². The van der Waals surface area contributed by atoms with Crippen LogP contribution in [0.1, 0.15) is 26.7 Å². The fraction of sp³-hybridized carbons (Fsp3) is 0.800. The van der Waals surface area contributed by atoms with Crippen molar-refractivity contribution in [3.05, 3.63) is 11.6 Å². The fourth-order valence-corrected chi connectivity index (χ4v) is 4.27. The van der Waals surface area contributed by atoms with Crippen LogP contribution in [0.3, 0.4) is 0 Å². The molecule has 0 unspecified atom stereocenters. The zero-order valence-electron chi connectivity index (χ0n) is 11.5. The summed E-state index contributed by atoms with van der Waals surface area (Å²) in [4.78, 5) is 11.7.